The third-order valence-electron chi connectivity index (χ3n) is 4.47. The second-order valence-electron chi connectivity index (χ2n) is 6.73. The number of ether oxygens (including phenoxy) is 1. The first kappa shape index (κ1) is 22.8. The van der Waals surface area contributed by atoms with Crippen LogP contribution in [0.25, 0.3) is 0 Å². The van der Waals surface area contributed by atoms with Crippen LogP contribution < -0.4 is 14.4 Å². The van der Waals surface area contributed by atoms with Gasteiger partial charge < -0.3 is 10.1 Å². The normalized spacial score (nSPS) is 11.1. The molecule has 0 aliphatic carbocycles. The molecule has 3 rings (SSSR count). The van der Waals surface area contributed by atoms with Crippen molar-refractivity contribution in [1.29, 1.82) is 0 Å². The Balaban J connectivity index is 1.92. The highest BCUT2D eigenvalue weighted by molar-refractivity contribution is 9.10. The number of nitrogens with one attached hydrogen (secondary N) is 1. The third kappa shape index (κ3) is 5.83. The smallest absolute Gasteiger partial charge is 0.255 e. The van der Waals surface area contributed by atoms with Crippen LogP contribution in [0.1, 0.15) is 15.9 Å². The fourth-order valence-electron chi connectivity index (χ4n) is 2.94. The Morgan fingerprint density at radius 1 is 1.06 bits per heavy atom. The van der Waals surface area contributed by atoms with E-state index in [1.807, 2.05) is 12.1 Å². The molecule has 3 aromatic carbocycles. The Morgan fingerprint density at radius 2 is 1.71 bits per heavy atom. The first-order valence-electron chi connectivity index (χ1n) is 9.14. The number of hydrogen-bond donors (Lipinski definition) is 1. The van der Waals surface area contributed by atoms with Crippen molar-refractivity contribution in [3.8, 4) is 5.75 Å². The van der Waals surface area contributed by atoms with Gasteiger partial charge in [0.2, 0.25) is 10.0 Å². The van der Waals surface area contributed by atoms with E-state index < -0.39 is 15.8 Å². The van der Waals surface area contributed by atoms with Crippen LogP contribution in [0.5, 0.6) is 5.75 Å². The Hall–Kier alpha value is -2.91. The Labute approximate surface area is 188 Å². The number of benzene rings is 3. The molecule has 0 unspecified atom stereocenters. The van der Waals surface area contributed by atoms with Gasteiger partial charge in [-0.3, -0.25) is 9.10 Å². The molecular weight excluding hydrogens is 487 g/mol. The van der Waals surface area contributed by atoms with E-state index in [1.54, 1.807) is 30.3 Å². The minimum Gasteiger partial charge on any atom is -0.496 e. The van der Waals surface area contributed by atoms with Gasteiger partial charge in [-0.2, -0.15) is 0 Å². The maximum absolute atomic E-state index is 13.3. The van der Waals surface area contributed by atoms with Crippen LogP contribution in [0.2, 0.25) is 0 Å². The lowest BCUT2D eigenvalue weighted by molar-refractivity contribution is 0.102. The minimum absolute atomic E-state index is 0.0902. The number of amides is 1. The van der Waals surface area contributed by atoms with Crippen molar-refractivity contribution in [2.75, 3.05) is 23.0 Å². The van der Waals surface area contributed by atoms with Crippen molar-refractivity contribution in [3.05, 3.63) is 88.1 Å². The zero-order chi connectivity index (χ0) is 22.6. The molecule has 0 saturated carbocycles. The summed E-state index contributed by atoms with van der Waals surface area (Å²) in [6.45, 7) is -0.0902. The predicted octanol–water partition coefficient (Wildman–Crippen LogP) is 4.82. The molecular formula is C22H20BrFN2O4S. The van der Waals surface area contributed by atoms with Crippen LogP contribution in [-0.2, 0) is 16.6 Å². The van der Waals surface area contributed by atoms with Gasteiger partial charge in [0, 0.05) is 21.3 Å². The molecule has 0 spiro atoms. The van der Waals surface area contributed by atoms with Crippen LogP contribution in [0.3, 0.4) is 0 Å². The van der Waals surface area contributed by atoms with E-state index >= 15 is 0 Å². The van der Waals surface area contributed by atoms with Crippen LogP contribution in [-0.4, -0.2) is 27.7 Å². The number of methoxy groups -OCH3 is 1. The van der Waals surface area contributed by atoms with Crippen molar-refractivity contribution in [3.63, 3.8) is 0 Å². The third-order valence-corrected chi connectivity index (χ3v) is 6.14. The summed E-state index contributed by atoms with van der Waals surface area (Å²) in [6.07, 6.45) is 1.06. The maximum Gasteiger partial charge on any atom is 0.255 e. The molecule has 0 aromatic heterocycles. The highest BCUT2D eigenvalue weighted by Gasteiger charge is 2.21. The Bertz CT molecular complexity index is 1180. The quantitative estimate of drug-likeness (QED) is 0.498. The maximum atomic E-state index is 13.3. The molecule has 0 atom stereocenters. The van der Waals surface area contributed by atoms with Crippen molar-refractivity contribution in [1.82, 2.24) is 0 Å². The number of nitrogens with zero attached hydrogens (tertiary/aromatic N) is 1. The lowest BCUT2D eigenvalue weighted by Crippen LogP contribution is -2.29. The molecule has 0 radical (unpaired) electrons. The lowest BCUT2D eigenvalue weighted by atomic mass is 10.1. The van der Waals surface area contributed by atoms with Gasteiger partial charge in [-0.15, -0.1) is 0 Å². The zero-order valence-electron chi connectivity index (χ0n) is 16.8. The second kappa shape index (κ2) is 9.49. The highest BCUT2D eigenvalue weighted by atomic mass is 79.9. The van der Waals surface area contributed by atoms with E-state index in [0.29, 0.717) is 28.3 Å². The largest absolute Gasteiger partial charge is 0.496 e. The number of anilines is 2. The predicted molar refractivity (Wildman–Crippen MR) is 123 cm³/mol. The molecule has 162 valence electrons. The lowest BCUT2D eigenvalue weighted by Gasteiger charge is -2.24. The van der Waals surface area contributed by atoms with Gasteiger partial charge in [0.05, 0.1) is 25.6 Å². The summed E-state index contributed by atoms with van der Waals surface area (Å²) in [5.41, 5.74) is 1.75. The molecule has 3 aromatic rings. The van der Waals surface area contributed by atoms with E-state index in [9.17, 15) is 17.6 Å². The van der Waals surface area contributed by atoms with E-state index in [2.05, 4.69) is 21.2 Å². The zero-order valence-corrected chi connectivity index (χ0v) is 19.2. The average Bonchev–Trinajstić information content (AvgIpc) is 2.73. The first-order chi connectivity index (χ1) is 14.7. The molecule has 0 heterocycles. The average molecular weight is 507 g/mol. The monoisotopic (exact) mass is 506 g/mol. The molecule has 1 N–H and O–H groups in total. The summed E-state index contributed by atoms with van der Waals surface area (Å²) < 4.78 is 45.5. The standard InChI is InChI=1S/C22H20BrFN2O4S/c1-30-21-12-3-15(22(27)25-19-8-4-17(23)5-9-19)13-16(21)14-26(31(2,28)29)20-10-6-18(24)7-11-20/h3-13H,14H2,1-2H3,(H,25,27). The highest BCUT2D eigenvalue weighted by Crippen LogP contribution is 2.27. The summed E-state index contributed by atoms with van der Waals surface area (Å²) in [5, 5.41) is 2.80. The molecule has 1 amide bonds. The van der Waals surface area contributed by atoms with Crippen LogP contribution in [0.15, 0.2) is 71.2 Å². The van der Waals surface area contributed by atoms with Gasteiger partial charge in [0.15, 0.2) is 0 Å². The van der Waals surface area contributed by atoms with Crippen LogP contribution in [0.4, 0.5) is 15.8 Å². The second-order valence-corrected chi connectivity index (χ2v) is 9.56. The van der Waals surface area contributed by atoms with Gasteiger partial charge in [-0.05, 0) is 66.7 Å². The van der Waals surface area contributed by atoms with E-state index in [1.165, 1.54) is 31.4 Å². The van der Waals surface area contributed by atoms with Crippen molar-refractivity contribution < 1.29 is 22.3 Å². The Morgan fingerprint density at radius 3 is 2.29 bits per heavy atom. The topological polar surface area (TPSA) is 75.7 Å². The Kier molecular flexibility index (Phi) is 6.97. The van der Waals surface area contributed by atoms with Gasteiger partial charge >= 0.3 is 0 Å². The number of rotatable bonds is 7. The van der Waals surface area contributed by atoms with E-state index in [4.69, 9.17) is 4.74 Å². The van der Waals surface area contributed by atoms with Gasteiger partial charge in [0.25, 0.3) is 5.91 Å². The number of hydrogen-bond acceptors (Lipinski definition) is 4. The molecule has 0 bridgehead atoms. The van der Waals surface area contributed by atoms with Gasteiger partial charge in [-0.1, -0.05) is 15.9 Å². The summed E-state index contributed by atoms with van der Waals surface area (Å²) in [5.74, 6) is -0.392. The number of carbonyl (C=O) groups excluding carboxylic acids is 1. The first-order valence-corrected chi connectivity index (χ1v) is 11.8. The molecule has 0 fully saturated rings. The summed E-state index contributed by atoms with van der Waals surface area (Å²) in [7, 11) is -2.23. The van der Waals surface area contributed by atoms with Crippen LogP contribution >= 0.6 is 15.9 Å². The SMILES string of the molecule is COc1ccc(C(=O)Nc2ccc(Br)cc2)cc1CN(c1ccc(F)cc1)S(C)(=O)=O. The van der Waals surface area contributed by atoms with Crippen molar-refractivity contribution >= 4 is 43.2 Å². The molecule has 0 aliphatic rings. The molecule has 31 heavy (non-hydrogen) atoms. The minimum atomic E-state index is -3.69. The molecule has 0 saturated heterocycles. The fraction of sp³-hybridized carbons (Fsp3) is 0.136. The fourth-order valence-corrected chi connectivity index (χ4v) is 4.08. The van der Waals surface area contributed by atoms with Gasteiger partial charge in [0.1, 0.15) is 11.6 Å². The molecule has 9 heteroatoms. The summed E-state index contributed by atoms with van der Waals surface area (Å²) in [4.78, 5) is 12.7. The molecule has 6 nitrogen and oxygen atoms in total. The van der Waals surface area contributed by atoms with Crippen molar-refractivity contribution in [2.24, 2.45) is 0 Å². The summed E-state index contributed by atoms with van der Waals surface area (Å²) in [6, 6.07) is 17.0. The molecule has 0 aliphatic heterocycles. The number of carbonyl (C=O) groups is 1. The van der Waals surface area contributed by atoms with Crippen LogP contribution in [0, 0.1) is 5.82 Å². The number of halogens is 2. The van der Waals surface area contributed by atoms with Gasteiger partial charge in [-0.25, -0.2) is 12.8 Å². The van der Waals surface area contributed by atoms with E-state index in [-0.39, 0.29) is 12.5 Å². The van der Waals surface area contributed by atoms with E-state index in [0.717, 1.165) is 15.0 Å². The summed E-state index contributed by atoms with van der Waals surface area (Å²) >= 11 is 3.34. The van der Waals surface area contributed by atoms with Crippen molar-refractivity contribution in [2.45, 2.75) is 6.54 Å². The number of sulfonamides is 1.